The molecule has 2 rings (SSSR count). The van der Waals surface area contributed by atoms with Crippen LogP contribution in [0, 0.1) is 5.41 Å². The van der Waals surface area contributed by atoms with Gasteiger partial charge in [-0.15, -0.1) is 0 Å². The Morgan fingerprint density at radius 1 is 1.50 bits per heavy atom. The summed E-state index contributed by atoms with van der Waals surface area (Å²) in [6, 6.07) is 7.02. The number of alkyl halides is 1. The van der Waals surface area contributed by atoms with Gasteiger partial charge >= 0.3 is 0 Å². The lowest BCUT2D eigenvalue weighted by atomic mass is 10.1. The minimum Gasteiger partial charge on any atom is -0.484 e. The summed E-state index contributed by atoms with van der Waals surface area (Å²) < 4.78 is 5.36. The van der Waals surface area contributed by atoms with Gasteiger partial charge in [-0.3, -0.25) is 4.79 Å². The molecule has 0 spiro atoms. The number of amides is 1. The molecule has 1 amide bonds. The quantitative estimate of drug-likeness (QED) is 0.813. The summed E-state index contributed by atoms with van der Waals surface area (Å²) in [6.45, 7) is 0.745. The minimum atomic E-state index is -0.0952. The zero-order valence-electron chi connectivity index (χ0n) is 9.92. The third-order valence-electron chi connectivity index (χ3n) is 3.07. The van der Waals surface area contributed by atoms with E-state index in [2.05, 4.69) is 21.2 Å². The highest BCUT2D eigenvalue weighted by molar-refractivity contribution is 9.09. The van der Waals surface area contributed by atoms with Gasteiger partial charge in [0.1, 0.15) is 5.75 Å². The van der Waals surface area contributed by atoms with Crippen LogP contribution in [-0.4, -0.2) is 24.4 Å². The van der Waals surface area contributed by atoms with Crippen LogP contribution >= 0.6 is 27.5 Å². The normalized spacial score (nSPS) is 16.1. The number of rotatable bonds is 6. The van der Waals surface area contributed by atoms with Gasteiger partial charge in [0.2, 0.25) is 0 Å². The number of ether oxygens (including phenoxy) is 1. The molecule has 0 bridgehead atoms. The second-order valence-corrected chi connectivity index (χ2v) is 5.65. The molecule has 1 aromatic rings. The molecule has 98 valence electrons. The van der Waals surface area contributed by atoms with E-state index in [1.165, 1.54) is 12.8 Å². The van der Waals surface area contributed by atoms with Gasteiger partial charge in [-0.25, -0.2) is 0 Å². The molecule has 0 atom stereocenters. The molecule has 3 nitrogen and oxygen atoms in total. The van der Waals surface area contributed by atoms with Crippen molar-refractivity contribution in [2.45, 2.75) is 12.8 Å². The Labute approximate surface area is 120 Å². The molecule has 18 heavy (non-hydrogen) atoms. The van der Waals surface area contributed by atoms with Crippen LogP contribution in [-0.2, 0) is 4.79 Å². The van der Waals surface area contributed by atoms with Crippen molar-refractivity contribution in [1.82, 2.24) is 5.32 Å². The number of carbonyl (C=O) groups is 1. The molecule has 0 aromatic heterocycles. The van der Waals surface area contributed by atoms with E-state index in [1.54, 1.807) is 24.3 Å². The summed E-state index contributed by atoms with van der Waals surface area (Å²) >= 11 is 9.29. The fourth-order valence-electron chi connectivity index (χ4n) is 1.58. The second kappa shape index (κ2) is 5.93. The summed E-state index contributed by atoms with van der Waals surface area (Å²) in [7, 11) is 0. The number of carbonyl (C=O) groups excluding carboxylic acids is 1. The van der Waals surface area contributed by atoms with Gasteiger partial charge in [0.15, 0.2) is 6.61 Å². The van der Waals surface area contributed by atoms with Crippen LogP contribution in [0.15, 0.2) is 24.3 Å². The van der Waals surface area contributed by atoms with Crippen LogP contribution in [0.3, 0.4) is 0 Å². The average Bonchev–Trinajstić information content (AvgIpc) is 3.15. The SMILES string of the molecule is O=C(COc1cccc(Cl)c1)NCC1(CBr)CC1. The predicted molar refractivity (Wildman–Crippen MR) is 75.4 cm³/mol. The summed E-state index contributed by atoms with van der Waals surface area (Å²) in [6.07, 6.45) is 2.35. The molecule has 1 N–H and O–H groups in total. The highest BCUT2D eigenvalue weighted by Crippen LogP contribution is 2.46. The first-order chi connectivity index (χ1) is 8.63. The Morgan fingerprint density at radius 2 is 2.28 bits per heavy atom. The van der Waals surface area contributed by atoms with Crippen molar-refractivity contribution in [2.75, 3.05) is 18.5 Å². The van der Waals surface area contributed by atoms with Gasteiger partial charge < -0.3 is 10.1 Å². The number of hydrogen-bond donors (Lipinski definition) is 1. The van der Waals surface area contributed by atoms with Gasteiger partial charge in [0, 0.05) is 16.9 Å². The fraction of sp³-hybridized carbons (Fsp3) is 0.462. The molecule has 0 unspecified atom stereocenters. The molecule has 1 saturated carbocycles. The number of nitrogens with one attached hydrogen (secondary N) is 1. The van der Waals surface area contributed by atoms with E-state index in [4.69, 9.17) is 16.3 Å². The highest BCUT2D eigenvalue weighted by Gasteiger charge is 2.41. The molecule has 5 heteroatoms. The van der Waals surface area contributed by atoms with E-state index in [0.29, 0.717) is 10.8 Å². The van der Waals surface area contributed by atoms with Crippen LogP contribution in [0.5, 0.6) is 5.75 Å². The van der Waals surface area contributed by atoms with E-state index in [1.807, 2.05) is 0 Å². The molecule has 0 heterocycles. The molecule has 1 aliphatic carbocycles. The maximum atomic E-state index is 11.6. The number of halogens is 2. The largest absolute Gasteiger partial charge is 0.484 e. The Balaban J connectivity index is 1.72. The molecular weight excluding hydrogens is 318 g/mol. The highest BCUT2D eigenvalue weighted by atomic mass is 79.9. The van der Waals surface area contributed by atoms with Crippen molar-refractivity contribution >= 4 is 33.4 Å². The zero-order valence-corrected chi connectivity index (χ0v) is 12.3. The van der Waals surface area contributed by atoms with Crippen LogP contribution in [0.2, 0.25) is 5.02 Å². The van der Waals surface area contributed by atoms with Crippen LogP contribution in [0.1, 0.15) is 12.8 Å². The number of hydrogen-bond acceptors (Lipinski definition) is 2. The monoisotopic (exact) mass is 331 g/mol. The van der Waals surface area contributed by atoms with Crippen molar-refractivity contribution in [3.63, 3.8) is 0 Å². The third-order valence-corrected chi connectivity index (χ3v) is 4.49. The second-order valence-electron chi connectivity index (χ2n) is 4.66. The molecule has 1 aromatic carbocycles. The van der Waals surface area contributed by atoms with Crippen molar-refractivity contribution in [2.24, 2.45) is 5.41 Å². The third kappa shape index (κ3) is 3.89. The Kier molecular flexibility index (Phi) is 4.51. The summed E-state index contributed by atoms with van der Waals surface area (Å²) in [5.74, 6) is 0.515. The van der Waals surface area contributed by atoms with E-state index in [9.17, 15) is 4.79 Å². The lowest BCUT2D eigenvalue weighted by Crippen LogP contribution is -2.34. The smallest absolute Gasteiger partial charge is 0.257 e. The van der Waals surface area contributed by atoms with E-state index in [-0.39, 0.29) is 17.9 Å². The Morgan fingerprint density at radius 3 is 2.89 bits per heavy atom. The maximum Gasteiger partial charge on any atom is 0.257 e. The van der Waals surface area contributed by atoms with Crippen LogP contribution < -0.4 is 10.1 Å². The van der Waals surface area contributed by atoms with Crippen molar-refractivity contribution in [1.29, 1.82) is 0 Å². The van der Waals surface area contributed by atoms with E-state index >= 15 is 0 Å². The van der Waals surface area contributed by atoms with E-state index < -0.39 is 0 Å². The average molecular weight is 333 g/mol. The van der Waals surface area contributed by atoms with Crippen molar-refractivity contribution in [3.05, 3.63) is 29.3 Å². The van der Waals surface area contributed by atoms with Crippen LogP contribution in [0.4, 0.5) is 0 Å². The first-order valence-corrected chi connectivity index (χ1v) is 7.35. The van der Waals surface area contributed by atoms with Gasteiger partial charge in [-0.05, 0) is 36.5 Å². The molecule has 1 fully saturated rings. The number of benzene rings is 1. The fourth-order valence-corrected chi connectivity index (χ4v) is 2.52. The van der Waals surface area contributed by atoms with Gasteiger partial charge in [0.05, 0.1) is 0 Å². The lowest BCUT2D eigenvalue weighted by Gasteiger charge is -2.13. The minimum absolute atomic E-state index is 0.0265. The van der Waals surface area contributed by atoms with Gasteiger partial charge in [-0.1, -0.05) is 33.6 Å². The molecule has 1 aliphatic rings. The molecule has 0 saturated heterocycles. The Bertz CT molecular complexity index is 435. The lowest BCUT2D eigenvalue weighted by molar-refractivity contribution is -0.123. The first kappa shape index (κ1) is 13.7. The van der Waals surface area contributed by atoms with E-state index in [0.717, 1.165) is 11.9 Å². The standard InChI is InChI=1S/C13H15BrClNO2/c14-8-13(4-5-13)9-16-12(17)7-18-11-3-1-2-10(15)6-11/h1-3,6H,4-5,7-9H2,(H,16,17). The first-order valence-electron chi connectivity index (χ1n) is 5.85. The van der Waals surface area contributed by atoms with Crippen LogP contribution in [0.25, 0.3) is 0 Å². The molecular formula is C13H15BrClNO2. The summed E-state index contributed by atoms with van der Waals surface area (Å²) in [5.41, 5.74) is 0.283. The summed E-state index contributed by atoms with van der Waals surface area (Å²) in [4.78, 5) is 11.6. The maximum absolute atomic E-state index is 11.6. The zero-order chi connectivity index (χ0) is 13.0. The Hall–Kier alpha value is -0.740. The van der Waals surface area contributed by atoms with Crippen molar-refractivity contribution in [3.8, 4) is 5.75 Å². The van der Waals surface area contributed by atoms with Crippen molar-refractivity contribution < 1.29 is 9.53 Å². The topological polar surface area (TPSA) is 38.3 Å². The predicted octanol–water partition coefficient (Wildman–Crippen LogP) is 3.01. The van der Waals surface area contributed by atoms with Gasteiger partial charge in [0.25, 0.3) is 5.91 Å². The van der Waals surface area contributed by atoms with Gasteiger partial charge in [-0.2, -0.15) is 0 Å². The molecule has 0 aliphatic heterocycles. The molecule has 0 radical (unpaired) electrons. The summed E-state index contributed by atoms with van der Waals surface area (Å²) in [5, 5.41) is 4.44.